The molecule has 0 aliphatic carbocycles. The molecule has 1 unspecified atom stereocenters. The van der Waals surface area contributed by atoms with Gasteiger partial charge in [-0.25, -0.2) is 0 Å². The molecule has 2 N–H and O–H groups in total. The zero-order chi connectivity index (χ0) is 14.7. The van der Waals surface area contributed by atoms with Crippen LogP contribution in [0.1, 0.15) is 11.3 Å². The Bertz CT molecular complexity index is 638. The van der Waals surface area contributed by atoms with Gasteiger partial charge in [0, 0.05) is 28.1 Å². The predicted octanol–water partition coefficient (Wildman–Crippen LogP) is 2.55. The molecule has 2 aromatic rings. The van der Waals surface area contributed by atoms with Crippen LogP contribution in [0.15, 0.2) is 24.3 Å². The van der Waals surface area contributed by atoms with E-state index in [9.17, 15) is 4.79 Å². The van der Waals surface area contributed by atoms with Gasteiger partial charge in [0.2, 0.25) is 5.91 Å². The first kappa shape index (κ1) is 14.8. The van der Waals surface area contributed by atoms with Crippen molar-refractivity contribution in [2.45, 2.75) is 19.1 Å². The molecular formula is C15H17ClN2O2S. The van der Waals surface area contributed by atoms with Crippen molar-refractivity contribution in [1.82, 2.24) is 10.6 Å². The standard InChI is InChI=1S/C15H17ClN2O2S/c16-15-11-3-1-2-4-12(11)21-13(15)9-18-14(19)7-10-8-17-5-6-20-10/h1-4,10,17H,5-9H2,(H,18,19). The van der Waals surface area contributed by atoms with Crippen molar-refractivity contribution in [3.63, 3.8) is 0 Å². The van der Waals surface area contributed by atoms with E-state index < -0.39 is 0 Å². The molecule has 3 rings (SSSR count). The Morgan fingerprint density at radius 1 is 1.48 bits per heavy atom. The lowest BCUT2D eigenvalue weighted by molar-refractivity contribution is -0.124. The van der Waals surface area contributed by atoms with Crippen LogP contribution in [0, 0.1) is 0 Å². The number of hydrogen-bond donors (Lipinski definition) is 2. The number of carbonyl (C=O) groups excluding carboxylic acids is 1. The van der Waals surface area contributed by atoms with E-state index in [1.807, 2.05) is 24.3 Å². The van der Waals surface area contributed by atoms with E-state index in [0.29, 0.717) is 19.6 Å². The van der Waals surface area contributed by atoms with Gasteiger partial charge in [0.15, 0.2) is 0 Å². The number of hydrogen-bond acceptors (Lipinski definition) is 4. The van der Waals surface area contributed by atoms with Crippen molar-refractivity contribution in [3.8, 4) is 0 Å². The van der Waals surface area contributed by atoms with Crippen LogP contribution in [0.4, 0.5) is 0 Å². The zero-order valence-electron chi connectivity index (χ0n) is 11.5. The van der Waals surface area contributed by atoms with E-state index in [4.69, 9.17) is 16.3 Å². The van der Waals surface area contributed by atoms with Crippen molar-refractivity contribution in [2.75, 3.05) is 19.7 Å². The highest BCUT2D eigenvalue weighted by Gasteiger charge is 2.18. The van der Waals surface area contributed by atoms with Crippen LogP contribution < -0.4 is 10.6 Å². The lowest BCUT2D eigenvalue weighted by Crippen LogP contribution is -2.41. The number of carbonyl (C=O) groups is 1. The van der Waals surface area contributed by atoms with Gasteiger partial charge >= 0.3 is 0 Å². The molecule has 1 aromatic heterocycles. The molecule has 6 heteroatoms. The summed E-state index contributed by atoms with van der Waals surface area (Å²) in [6.45, 7) is 2.73. The summed E-state index contributed by atoms with van der Waals surface area (Å²) in [6, 6.07) is 8.00. The fourth-order valence-corrected chi connectivity index (χ4v) is 3.83. The van der Waals surface area contributed by atoms with E-state index in [2.05, 4.69) is 10.6 Å². The second-order valence-corrected chi connectivity index (χ2v) is 6.53. The first-order chi connectivity index (χ1) is 10.2. The number of nitrogens with one attached hydrogen (secondary N) is 2. The van der Waals surface area contributed by atoms with E-state index in [1.54, 1.807) is 11.3 Å². The highest BCUT2D eigenvalue weighted by Crippen LogP contribution is 2.34. The lowest BCUT2D eigenvalue weighted by Gasteiger charge is -2.22. The fourth-order valence-electron chi connectivity index (χ4n) is 2.39. The fraction of sp³-hybridized carbons (Fsp3) is 0.400. The number of amides is 1. The molecule has 2 heterocycles. The Balaban J connectivity index is 1.58. The summed E-state index contributed by atoms with van der Waals surface area (Å²) >= 11 is 7.98. The summed E-state index contributed by atoms with van der Waals surface area (Å²) < 4.78 is 6.67. The van der Waals surface area contributed by atoms with Gasteiger partial charge in [0.05, 0.1) is 30.7 Å². The van der Waals surface area contributed by atoms with Crippen molar-refractivity contribution < 1.29 is 9.53 Å². The highest BCUT2D eigenvalue weighted by atomic mass is 35.5. The largest absolute Gasteiger partial charge is 0.375 e. The number of thiophene rings is 1. The number of morpholine rings is 1. The molecule has 0 bridgehead atoms. The third-order valence-electron chi connectivity index (χ3n) is 3.47. The minimum atomic E-state index is -0.0309. The van der Waals surface area contributed by atoms with Crippen LogP contribution in [0.5, 0.6) is 0 Å². The normalized spacial score (nSPS) is 18.8. The van der Waals surface area contributed by atoms with Crippen molar-refractivity contribution >= 4 is 38.9 Å². The first-order valence-electron chi connectivity index (χ1n) is 6.99. The number of benzene rings is 1. The number of rotatable bonds is 4. The van der Waals surface area contributed by atoms with Crippen LogP contribution in [-0.2, 0) is 16.1 Å². The maximum Gasteiger partial charge on any atom is 0.222 e. The van der Waals surface area contributed by atoms with E-state index in [-0.39, 0.29) is 12.0 Å². The number of fused-ring (bicyclic) bond motifs is 1. The molecule has 0 spiro atoms. The lowest BCUT2D eigenvalue weighted by atomic mass is 10.2. The van der Waals surface area contributed by atoms with Gasteiger partial charge in [-0.1, -0.05) is 29.8 Å². The topological polar surface area (TPSA) is 50.4 Å². The molecule has 1 saturated heterocycles. The minimum absolute atomic E-state index is 0.00257. The number of halogens is 1. The molecule has 1 aromatic carbocycles. The smallest absolute Gasteiger partial charge is 0.222 e. The van der Waals surface area contributed by atoms with Gasteiger partial charge in [0.1, 0.15) is 0 Å². The maximum absolute atomic E-state index is 12.0. The van der Waals surface area contributed by atoms with Gasteiger partial charge in [-0.15, -0.1) is 11.3 Å². The van der Waals surface area contributed by atoms with Crippen molar-refractivity contribution in [1.29, 1.82) is 0 Å². The SMILES string of the molecule is O=C(CC1CNCCO1)NCc1sc2ccccc2c1Cl. The summed E-state index contributed by atoms with van der Waals surface area (Å²) in [7, 11) is 0. The number of ether oxygens (including phenoxy) is 1. The molecule has 21 heavy (non-hydrogen) atoms. The molecule has 1 aliphatic rings. The second kappa shape index (κ2) is 6.75. The summed E-state index contributed by atoms with van der Waals surface area (Å²) in [4.78, 5) is 12.9. The molecule has 0 radical (unpaired) electrons. The maximum atomic E-state index is 12.0. The Kier molecular flexibility index (Phi) is 4.75. The van der Waals surface area contributed by atoms with Gasteiger partial charge in [-0.3, -0.25) is 4.79 Å². The second-order valence-electron chi connectivity index (χ2n) is 5.01. The Hall–Kier alpha value is -1.14. The van der Waals surface area contributed by atoms with Crippen LogP contribution in [0.2, 0.25) is 5.02 Å². The predicted molar refractivity (Wildman–Crippen MR) is 85.9 cm³/mol. The van der Waals surface area contributed by atoms with E-state index >= 15 is 0 Å². The Morgan fingerprint density at radius 2 is 2.33 bits per heavy atom. The molecule has 112 valence electrons. The quantitative estimate of drug-likeness (QED) is 0.908. The highest BCUT2D eigenvalue weighted by molar-refractivity contribution is 7.19. The van der Waals surface area contributed by atoms with Crippen LogP contribution in [0.25, 0.3) is 10.1 Å². The summed E-state index contributed by atoms with van der Waals surface area (Å²) in [5.74, 6) is -0.00257. The Morgan fingerprint density at radius 3 is 3.10 bits per heavy atom. The van der Waals surface area contributed by atoms with Gasteiger partial charge in [0.25, 0.3) is 0 Å². The van der Waals surface area contributed by atoms with Crippen LogP contribution in [0.3, 0.4) is 0 Å². The van der Waals surface area contributed by atoms with Crippen molar-refractivity contribution in [2.24, 2.45) is 0 Å². The first-order valence-corrected chi connectivity index (χ1v) is 8.18. The average molecular weight is 325 g/mol. The zero-order valence-corrected chi connectivity index (χ0v) is 13.1. The third-order valence-corrected chi connectivity index (χ3v) is 5.18. The molecule has 1 atom stereocenters. The molecule has 1 fully saturated rings. The Labute approximate surface area is 132 Å². The monoisotopic (exact) mass is 324 g/mol. The van der Waals surface area contributed by atoms with Gasteiger partial charge < -0.3 is 15.4 Å². The molecule has 4 nitrogen and oxygen atoms in total. The van der Waals surface area contributed by atoms with E-state index in [1.165, 1.54) is 0 Å². The summed E-state index contributed by atoms with van der Waals surface area (Å²) in [6.07, 6.45) is 0.354. The molecule has 0 saturated carbocycles. The van der Waals surface area contributed by atoms with Gasteiger partial charge in [-0.2, -0.15) is 0 Å². The van der Waals surface area contributed by atoms with Crippen molar-refractivity contribution in [3.05, 3.63) is 34.2 Å². The van der Waals surface area contributed by atoms with Crippen LogP contribution in [-0.4, -0.2) is 31.7 Å². The molecule has 1 amide bonds. The minimum Gasteiger partial charge on any atom is -0.375 e. The summed E-state index contributed by atoms with van der Waals surface area (Å²) in [5, 5.41) is 7.94. The van der Waals surface area contributed by atoms with Gasteiger partial charge in [-0.05, 0) is 6.07 Å². The summed E-state index contributed by atoms with van der Waals surface area (Å²) in [5.41, 5.74) is 0. The molecular weight excluding hydrogens is 308 g/mol. The molecule has 1 aliphatic heterocycles. The van der Waals surface area contributed by atoms with Crippen LogP contribution >= 0.6 is 22.9 Å². The van der Waals surface area contributed by atoms with E-state index in [0.717, 1.165) is 33.1 Å². The third kappa shape index (κ3) is 3.55. The average Bonchev–Trinajstić information content (AvgIpc) is 2.83.